The molecule has 2 aliphatic rings. The van der Waals surface area contributed by atoms with Gasteiger partial charge in [-0.1, -0.05) is 24.3 Å². The van der Waals surface area contributed by atoms with Crippen molar-refractivity contribution < 1.29 is 0 Å². The van der Waals surface area contributed by atoms with E-state index in [4.69, 9.17) is 0 Å². The van der Waals surface area contributed by atoms with Gasteiger partial charge in [0.25, 0.3) is 0 Å². The van der Waals surface area contributed by atoms with Crippen LogP contribution in [0.15, 0.2) is 36.4 Å². The maximum Gasteiger partial charge on any atom is 0.0649 e. The minimum absolute atomic E-state index is 1.09. The summed E-state index contributed by atoms with van der Waals surface area (Å²) in [6.07, 6.45) is 4.84. The smallest absolute Gasteiger partial charge is 0.0649 e. The minimum Gasteiger partial charge on any atom is -0.383 e. The molecular formula is C18H19N2. The van der Waals surface area contributed by atoms with Crippen LogP contribution >= 0.6 is 0 Å². The number of hydrogen-bond donors (Lipinski definition) is 1. The van der Waals surface area contributed by atoms with Gasteiger partial charge in [0.15, 0.2) is 0 Å². The first-order valence-electron chi connectivity index (χ1n) is 7.56. The third kappa shape index (κ3) is 1.87. The summed E-state index contributed by atoms with van der Waals surface area (Å²) in [6, 6.07) is 16.3. The molecule has 2 aromatic rings. The molecule has 2 aliphatic heterocycles. The summed E-state index contributed by atoms with van der Waals surface area (Å²) in [5.41, 5.74) is 6.92. The van der Waals surface area contributed by atoms with E-state index >= 15 is 0 Å². The van der Waals surface area contributed by atoms with Crippen LogP contribution in [0.2, 0.25) is 0 Å². The average Bonchev–Trinajstić information content (AvgIpc) is 2.54. The molecule has 0 spiro atoms. The number of benzene rings is 2. The van der Waals surface area contributed by atoms with Crippen molar-refractivity contribution in [1.82, 2.24) is 0 Å². The third-order valence-electron chi connectivity index (χ3n) is 4.39. The molecule has 0 saturated carbocycles. The van der Waals surface area contributed by atoms with Crippen LogP contribution in [0.3, 0.4) is 0 Å². The van der Waals surface area contributed by atoms with E-state index in [1.165, 1.54) is 53.9 Å². The molecular weight excluding hydrogens is 244 g/mol. The SMILES string of the molecule is [c]1ccc2c(c1)N(c1cccc3c1NCCC3)CCC2. The summed E-state index contributed by atoms with van der Waals surface area (Å²) < 4.78 is 0. The molecule has 0 fully saturated rings. The fraction of sp³-hybridized carbons (Fsp3) is 0.333. The summed E-state index contributed by atoms with van der Waals surface area (Å²) in [4.78, 5) is 2.46. The van der Waals surface area contributed by atoms with Crippen LogP contribution in [0.25, 0.3) is 0 Å². The van der Waals surface area contributed by atoms with E-state index in [1.807, 2.05) is 6.07 Å². The number of aryl methyl sites for hydroxylation is 2. The van der Waals surface area contributed by atoms with Crippen LogP contribution in [-0.2, 0) is 12.8 Å². The number of para-hydroxylation sites is 1. The molecule has 101 valence electrons. The number of hydrogen-bond acceptors (Lipinski definition) is 2. The quantitative estimate of drug-likeness (QED) is 0.838. The molecule has 0 saturated heterocycles. The van der Waals surface area contributed by atoms with Gasteiger partial charge >= 0.3 is 0 Å². The Bertz CT molecular complexity index is 633. The van der Waals surface area contributed by atoms with E-state index in [0.29, 0.717) is 0 Å². The number of fused-ring (bicyclic) bond motifs is 2. The molecule has 0 amide bonds. The third-order valence-corrected chi connectivity index (χ3v) is 4.39. The minimum atomic E-state index is 1.09. The van der Waals surface area contributed by atoms with E-state index in [2.05, 4.69) is 46.6 Å². The molecule has 2 heterocycles. The van der Waals surface area contributed by atoms with Crippen molar-refractivity contribution in [2.75, 3.05) is 23.3 Å². The fourth-order valence-corrected chi connectivity index (χ4v) is 3.43. The van der Waals surface area contributed by atoms with E-state index in [1.54, 1.807) is 0 Å². The van der Waals surface area contributed by atoms with Crippen LogP contribution in [0.4, 0.5) is 17.1 Å². The monoisotopic (exact) mass is 263 g/mol. The lowest BCUT2D eigenvalue weighted by Gasteiger charge is -2.34. The highest BCUT2D eigenvalue weighted by Crippen LogP contribution is 2.39. The lowest BCUT2D eigenvalue weighted by atomic mass is 9.98. The number of nitrogens with zero attached hydrogens (tertiary/aromatic N) is 1. The lowest BCUT2D eigenvalue weighted by Crippen LogP contribution is -2.26. The van der Waals surface area contributed by atoms with E-state index < -0.39 is 0 Å². The maximum absolute atomic E-state index is 3.61. The molecule has 0 unspecified atom stereocenters. The summed E-state index contributed by atoms with van der Waals surface area (Å²) >= 11 is 0. The lowest BCUT2D eigenvalue weighted by molar-refractivity contribution is 0.763. The van der Waals surface area contributed by atoms with Crippen molar-refractivity contribution in [3.63, 3.8) is 0 Å². The first kappa shape index (κ1) is 11.8. The average molecular weight is 263 g/mol. The number of anilines is 3. The highest BCUT2D eigenvalue weighted by molar-refractivity contribution is 5.81. The Balaban J connectivity index is 1.83. The summed E-state index contributed by atoms with van der Waals surface area (Å²) in [7, 11) is 0. The standard InChI is InChI=1S/C18H19N2/c1-2-10-16-14(6-1)9-5-13-20(16)17-11-3-7-15-8-4-12-19-18(15)17/h1,3,6-7,10-11,19H,4-5,8-9,12-13H2. The Hall–Kier alpha value is -1.96. The second kappa shape index (κ2) is 4.86. The topological polar surface area (TPSA) is 15.3 Å². The first-order chi connectivity index (χ1) is 9.93. The van der Waals surface area contributed by atoms with Crippen LogP contribution in [-0.4, -0.2) is 13.1 Å². The van der Waals surface area contributed by atoms with Gasteiger partial charge in [-0.15, -0.1) is 0 Å². The zero-order valence-corrected chi connectivity index (χ0v) is 11.7. The molecule has 0 atom stereocenters. The molecule has 0 aliphatic carbocycles. The Morgan fingerprint density at radius 3 is 2.95 bits per heavy atom. The van der Waals surface area contributed by atoms with Crippen LogP contribution in [0, 0.1) is 6.07 Å². The van der Waals surface area contributed by atoms with Gasteiger partial charge in [-0.3, -0.25) is 0 Å². The summed E-state index contributed by atoms with van der Waals surface area (Å²) in [5.74, 6) is 0. The van der Waals surface area contributed by atoms with Gasteiger partial charge in [-0.05, 0) is 55.0 Å². The van der Waals surface area contributed by atoms with Gasteiger partial charge in [0, 0.05) is 18.8 Å². The van der Waals surface area contributed by atoms with Crippen LogP contribution in [0.5, 0.6) is 0 Å². The molecule has 20 heavy (non-hydrogen) atoms. The van der Waals surface area contributed by atoms with E-state index in [0.717, 1.165) is 13.1 Å². The molecule has 2 nitrogen and oxygen atoms in total. The Kier molecular flexibility index (Phi) is 2.87. The highest BCUT2D eigenvalue weighted by atomic mass is 15.2. The van der Waals surface area contributed by atoms with Gasteiger partial charge in [-0.2, -0.15) is 0 Å². The fourth-order valence-electron chi connectivity index (χ4n) is 3.43. The van der Waals surface area contributed by atoms with Gasteiger partial charge < -0.3 is 10.2 Å². The molecule has 1 N–H and O–H groups in total. The molecule has 0 bridgehead atoms. The predicted molar refractivity (Wildman–Crippen MR) is 83.9 cm³/mol. The molecule has 0 aromatic heterocycles. The van der Waals surface area contributed by atoms with Crippen molar-refractivity contribution in [3.05, 3.63) is 53.6 Å². The van der Waals surface area contributed by atoms with Crippen LogP contribution < -0.4 is 10.2 Å². The largest absolute Gasteiger partial charge is 0.383 e. The second-order valence-electron chi connectivity index (χ2n) is 5.65. The van der Waals surface area contributed by atoms with Crippen molar-refractivity contribution in [2.45, 2.75) is 25.7 Å². The van der Waals surface area contributed by atoms with Gasteiger partial charge in [-0.25, -0.2) is 0 Å². The Morgan fingerprint density at radius 2 is 1.95 bits per heavy atom. The van der Waals surface area contributed by atoms with Crippen molar-refractivity contribution in [3.8, 4) is 0 Å². The molecule has 2 heteroatoms. The zero-order valence-electron chi connectivity index (χ0n) is 11.7. The van der Waals surface area contributed by atoms with Crippen molar-refractivity contribution in [1.29, 1.82) is 0 Å². The molecule has 2 aromatic carbocycles. The van der Waals surface area contributed by atoms with Crippen LogP contribution in [0.1, 0.15) is 24.0 Å². The summed E-state index contributed by atoms with van der Waals surface area (Å²) in [6.45, 7) is 2.19. The summed E-state index contributed by atoms with van der Waals surface area (Å²) in [5, 5.41) is 3.61. The van der Waals surface area contributed by atoms with E-state index in [-0.39, 0.29) is 0 Å². The van der Waals surface area contributed by atoms with Gasteiger partial charge in [0.05, 0.1) is 11.4 Å². The van der Waals surface area contributed by atoms with Crippen molar-refractivity contribution >= 4 is 17.1 Å². The molecule has 4 rings (SSSR count). The Morgan fingerprint density at radius 1 is 1.00 bits per heavy atom. The highest BCUT2D eigenvalue weighted by Gasteiger charge is 2.22. The normalized spacial score (nSPS) is 17.1. The molecule has 1 radical (unpaired) electrons. The number of rotatable bonds is 1. The zero-order chi connectivity index (χ0) is 13.4. The van der Waals surface area contributed by atoms with E-state index in [9.17, 15) is 0 Å². The van der Waals surface area contributed by atoms with Crippen molar-refractivity contribution in [2.24, 2.45) is 0 Å². The predicted octanol–water partition coefficient (Wildman–Crippen LogP) is 3.93. The first-order valence-corrected chi connectivity index (χ1v) is 7.56. The maximum atomic E-state index is 3.61. The van der Waals surface area contributed by atoms with Gasteiger partial charge in [0.1, 0.15) is 0 Å². The van der Waals surface area contributed by atoms with Gasteiger partial charge in [0.2, 0.25) is 0 Å². The second-order valence-corrected chi connectivity index (χ2v) is 5.65. The Labute approximate surface area is 120 Å². The number of nitrogens with one attached hydrogen (secondary N) is 1.